The van der Waals surface area contributed by atoms with Gasteiger partial charge in [-0.05, 0) is 49.2 Å². The topological polar surface area (TPSA) is 87.6 Å². The van der Waals surface area contributed by atoms with Gasteiger partial charge in [0.05, 0.1) is 5.52 Å². The molecular formula is C21H24N4O3. The molecule has 3 aromatic rings. The van der Waals surface area contributed by atoms with E-state index in [-0.39, 0.29) is 0 Å². The van der Waals surface area contributed by atoms with E-state index in [4.69, 9.17) is 9.94 Å². The predicted molar refractivity (Wildman–Crippen MR) is 108 cm³/mol. The van der Waals surface area contributed by atoms with Crippen LogP contribution in [0.2, 0.25) is 0 Å². The van der Waals surface area contributed by atoms with E-state index in [0.29, 0.717) is 12.2 Å². The van der Waals surface area contributed by atoms with Gasteiger partial charge >= 0.3 is 0 Å². The van der Waals surface area contributed by atoms with Gasteiger partial charge in [0.2, 0.25) is 0 Å². The first-order chi connectivity index (χ1) is 13.6. The average Bonchev–Trinajstić information content (AvgIpc) is 2.75. The highest BCUT2D eigenvalue weighted by Gasteiger charge is 2.19. The number of fused-ring (bicyclic) bond motifs is 1. The highest BCUT2D eigenvalue weighted by molar-refractivity contribution is 5.91. The molecule has 1 unspecified atom stereocenters. The Balaban J connectivity index is 1.78. The van der Waals surface area contributed by atoms with Crippen LogP contribution in [-0.2, 0) is 4.79 Å². The summed E-state index contributed by atoms with van der Waals surface area (Å²) in [5, 5.41) is 9.88. The molecule has 0 bridgehead atoms. The Bertz CT molecular complexity index is 925. The second-order valence-corrected chi connectivity index (χ2v) is 6.49. The third-order valence-electron chi connectivity index (χ3n) is 4.56. The van der Waals surface area contributed by atoms with Crippen LogP contribution in [0.4, 0.5) is 11.5 Å². The Labute approximate surface area is 163 Å². The number of hydrogen-bond donors (Lipinski definition) is 2. The summed E-state index contributed by atoms with van der Waals surface area (Å²) in [7, 11) is 1.94. The van der Waals surface area contributed by atoms with E-state index in [1.54, 1.807) is 23.9 Å². The first-order valence-corrected chi connectivity index (χ1v) is 9.28. The Morgan fingerprint density at radius 2 is 1.93 bits per heavy atom. The first kappa shape index (κ1) is 19.6. The molecule has 1 aromatic heterocycles. The first-order valence-electron chi connectivity index (χ1n) is 9.28. The van der Waals surface area contributed by atoms with E-state index in [0.717, 1.165) is 35.2 Å². The van der Waals surface area contributed by atoms with Crippen LogP contribution >= 0.6 is 0 Å². The largest absolute Gasteiger partial charge is 0.481 e. The monoisotopic (exact) mass is 380 g/mol. The van der Waals surface area contributed by atoms with Crippen LogP contribution in [0.25, 0.3) is 10.9 Å². The number of benzene rings is 2. The molecule has 0 fully saturated rings. The number of amides is 1. The lowest BCUT2D eigenvalue weighted by atomic mass is 10.1. The van der Waals surface area contributed by atoms with Crippen molar-refractivity contribution >= 4 is 28.3 Å². The van der Waals surface area contributed by atoms with Gasteiger partial charge in [-0.2, -0.15) is 0 Å². The normalized spacial score (nSPS) is 11.8. The van der Waals surface area contributed by atoms with Crippen molar-refractivity contribution in [2.45, 2.75) is 32.3 Å². The van der Waals surface area contributed by atoms with Crippen molar-refractivity contribution in [1.29, 1.82) is 0 Å². The van der Waals surface area contributed by atoms with Gasteiger partial charge < -0.3 is 9.64 Å². The summed E-state index contributed by atoms with van der Waals surface area (Å²) in [5.74, 6) is 0.830. The molecule has 7 heteroatoms. The lowest BCUT2D eigenvalue weighted by Gasteiger charge is -2.21. The number of para-hydroxylation sites is 1. The molecule has 0 saturated heterocycles. The number of aromatic nitrogens is 2. The molecule has 0 aliphatic heterocycles. The molecule has 0 aliphatic carbocycles. The summed E-state index contributed by atoms with van der Waals surface area (Å²) < 4.78 is 5.76. The smallest absolute Gasteiger partial charge is 0.284 e. The number of hydrogen-bond acceptors (Lipinski definition) is 6. The minimum absolute atomic E-state index is 0.539. The van der Waals surface area contributed by atoms with Crippen molar-refractivity contribution in [2.24, 2.45) is 0 Å². The molecule has 0 radical (unpaired) electrons. The third kappa shape index (κ3) is 4.37. The summed E-state index contributed by atoms with van der Waals surface area (Å²) in [6.45, 7) is 2.04. The number of hydroxylamine groups is 1. The van der Waals surface area contributed by atoms with E-state index < -0.39 is 12.0 Å². The summed E-state index contributed by atoms with van der Waals surface area (Å²) >= 11 is 0. The number of carbonyl (C=O) groups is 1. The van der Waals surface area contributed by atoms with Crippen LogP contribution < -0.4 is 15.1 Å². The van der Waals surface area contributed by atoms with E-state index in [9.17, 15) is 4.79 Å². The van der Waals surface area contributed by atoms with Gasteiger partial charge in [0.1, 0.15) is 17.9 Å². The second-order valence-electron chi connectivity index (χ2n) is 6.49. The van der Waals surface area contributed by atoms with Crippen molar-refractivity contribution < 1.29 is 14.7 Å². The number of rotatable bonds is 8. The molecule has 3 rings (SSSR count). The van der Waals surface area contributed by atoms with Crippen molar-refractivity contribution in [3.63, 3.8) is 0 Å². The van der Waals surface area contributed by atoms with Crippen molar-refractivity contribution in [3.8, 4) is 5.75 Å². The molecule has 2 N–H and O–H groups in total. The van der Waals surface area contributed by atoms with E-state index in [1.807, 2.05) is 55.3 Å². The maximum Gasteiger partial charge on any atom is 0.284 e. The molecule has 2 aromatic carbocycles. The van der Waals surface area contributed by atoms with Crippen LogP contribution in [0.1, 0.15) is 26.2 Å². The third-order valence-corrected chi connectivity index (χ3v) is 4.56. The number of carbonyl (C=O) groups excluding carboxylic acids is 1. The van der Waals surface area contributed by atoms with Crippen LogP contribution in [0.3, 0.4) is 0 Å². The molecule has 1 heterocycles. The maximum absolute atomic E-state index is 11.8. The lowest BCUT2D eigenvalue weighted by Crippen LogP contribution is -2.36. The summed E-state index contributed by atoms with van der Waals surface area (Å²) in [6.07, 6.45) is 3.14. The molecule has 7 nitrogen and oxygen atoms in total. The number of anilines is 2. The second kappa shape index (κ2) is 9.14. The van der Waals surface area contributed by atoms with Gasteiger partial charge in [-0.3, -0.25) is 10.0 Å². The quantitative estimate of drug-likeness (QED) is 0.456. The Morgan fingerprint density at radius 3 is 2.64 bits per heavy atom. The fourth-order valence-corrected chi connectivity index (χ4v) is 3.00. The van der Waals surface area contributed by atoms with Crippen molar-refractivity contribution in [3.05, 3.63) is 54.9 Å². The summed E-state index contributed by atoms with van der Waals surface area (Å²) in [5.41, 5.74) is 3.48. The maximum atomic E-state index is 11.8. The van der Waals surface area contributed by atoms with E-state index >= 15 is 0 Å². The molecule has 0 aliphatic rings. The zero-order chi connectivity index (χ0) is 19.9. The van der Waals surface area contributed by atoms with Crippen LogP contribution in [-0.4, -0.2) is 34.2 Å². The zero-order valence-corrected chi connectivity index (χ0v) is 16.0. The van der Waals surface area contributed by atoms with Gasteiger partial charge in [0, 0.05) is 18.1 Å². The average molecular weight is 380 g/mol. The van der Waals surface area contributed by atoms with E-state index in [1.165, 1.54) is 0 Å². The zero-order valence-electron chi connectivity index (χ0n) is 16.0. The fraction of sp³-hybridized carbons (Fsp3) is 0.286. The Hall–Kier alpha value is -3.19. The van der Waals surface area contributed by atoms with Gasteiger partial charge in [0.25, 0.3) is 5.91 Å². The number of unbranched alkanes of at least 4 members (excludes halogenated alkanes) is 1. The van der Waals surface area contributed by atoms with Crippen LogP contribution in [0.15, 0.2) is 54.9 Å². The highest BCUT2D eigenvalue weighted by Crippen LogP contribution is 2.29. The molecule has 146 valence electrons. The SMILES string of the molecule is CCCCC(Oc1ccc(N(C)c2ncnc3ccccc23)cc1)C(=O)NO. The Morgan fingerprint density at radius 1 is 1.18 bits per heavy atom. The highest BCUT2D eigenvalue weighted by atomic mass is 16.5. The minimum Gasteiger partial charge on any atom is -0.481 e. The molecule has 28 heavy (non-hydrogen) atoms. The molecule has 0 saturated carbocycles. The minimum atomic E-state index is -0.723. The molecular weight excluding hydrogens is 356 g/mol. The fourth-order valence-electron chi connectivity index (χ4n) is 3.00. The van der Waals surface area contributed by atoms with Gasteiger partial charge in [-0.15, -0.1) is 0 Å². The van der Waals surface area contributed by atoms with Crippen molar-refractivity contribution in [1.82, 2.24) is 15.4 Å². The standard InChI is InChI=1S/C21H24N4O3/c1-3-4-9-19(21(26)24-27)28-16-12-10-15(11-13-16)25(2)20-17-7-5-6-8-18(17)22-14-23-20/h5-8,10-14,19,27H,3-4,9H2,1-2H3,(H,24,26). The molecule has 1 amide bonds. The van der Waals surface area contributed by atoms with Crippen LogP contribution in [0.5, 0.6) is 5.75 Å². The van der Waals surface area contributed by atoms with Crippen LogP contribution in [0, 0.1) is 0 Å². The number of nitrogens with one attached hydrogen (secondary N) is 1. The van der Waals surface area contributed by atoms with E-state index in [2.05, 4.69) is 9.97 Å². The van der Waals surface area contributed by atoms with Gasteiger partial charge in [-0.25, -0.2) is 15.4 Å². The number of ether oxygens (including phenoxy) is 1. The molecule has 0 spiro atoms. The summed E-state index contributed by atoms with van der Waals surface area (Å²) in [6, 6.07) is 15.3. The predicted octanol–water partition coefficient (Wildman–Crippen LogP) is 3.84. The molecule has 1 atom stereocenters. The van der Waals surface area contributed by atoms with Crippen molar-refractivity contribution in [2.75, 3.05) is 11.9 Å². The Kier molecular flexibility index (Phi) is 6.39. The van der Waals surface area contributed by atoms with Gasteiger partial charge in [-0.1, -0.05) is 25.5 Å². The number of nitrogens with zero attached hydrogens (tertiary/aromatic N) is 3. The van der Waals surface area contributed by atoms with Gasteiger partial charge in [0.15, 0.2) is 6.10 Å². The summed E-state index contributed by atoms with van der Waals surface area (Å²) in [4.78, 5) is 22.5. The lowest BCUT2D eigenvalue weighted by molar-refractivity contribution is -0.136.